The summed E-state index contributed by atoms with van der Waals surface area (Å²) in [5, 5.41) is 8.70. The van der Waals surface area contributed by atoms with E-state index in [9.17, 15) is 4.79 Å². The molecular weight excluding hydrogens is 228 g/mol. The van der Waals surface area contributed by atoms with E-state index in [-0.39, 0.29) is 5.91 Å². The van der Waals surface area contributed by atoms with Crippen LogP contribution in [0.15, 0.2) is 18.3 Å². The molecule has 1 aromatic heterocycles. The van der Waals surface area contributed by atoms with E-state index in [4.69, 9.17) is 5.26 Å². The second kappa shape index (κ2) is 5.50. The molecule has 18 heavy (non-hydrogen) atoms. The lowest BCUT2D eigenvalue weighted by Crippen LogP contribution is -2.34. The third-order valence-electron chi connectivity index (χ3n) is 3.14. The summed E-state index contributed by atoms with van der Waals surface area (Å²) < 4.78 is 0. The Morgan fingerprint density at radius 1 is 1.56 bits per heavy atom. The number of aromatic nitrogens is 1. The number of likely N-dealkylation sites (N-methyl/N-ethyl adjacent to an activating group) is 1. The van der Waals surface area contributed by atoms with Crippen molar-refractivity contribution in [2.24, 2.45) is 0 Å². The van der Waals surface area contributed by atoms with Gasteiger partial charge in [-0.2, -0.15) is 5.26 Å². The molecule has 1 amide bonds. The smallest absolute Gasteiger partial charge is 0.222 e. The second-order valence-electron chi connectivity index (χ2n) is 4.42. The largest absolute Gasteiger partial charge is 0.358 e. The predicted octanol–water partition coefficient (Wildman–Crippen LogP) is 1.01. The van der Waals surface area contributed by atoms with Crippen LogP contribution in [0.4, 0.5) is 5.82 Å². The predicted molar refractivity (Wildman–Crippen MR) is 68.0 cm³/mol. The highest BCUT2D eigenvalue weighted by Gasteiger charge is 2.19. The number of hydrogen-bond acceptors (Lipinski definition) is 4. The topological polar surface area (TPSA) is 60.2 Å². The number of amides is 1. The summed E-state index contributed by atoms with van der Waals surface area (Å²) >= 11 is 0. The minimum atomic E-state index is 0.246. The van der Waals surface area contributed by atoms with Crippen LogP contribution in [0.1, 0.15) is 18.4 Å². The molecule has 5 nitrogen and oxygen atoms in total. The molecule has 5 heteroatoms. The summed E-state index contributed by atoms with van der Waals surface area (Å²) in [6.07, 6.45) is 3.21. The molecule has 2 heterocycles. The van der Waals surface area contributed by atoms with Gasteiger partial charge in [0.15, 0.2) is 0 Å². The number of rotatable bonds is 4. The van der Waals surface area contributed by atoms with Crippen LogP contribution in [-0.2, 0) is 4.79 Å². The van der Waals surface area contributed by atoms with Crippen molar-refractivity contribution in [3.63, 3.8) is 0 Å². The Morgan fingerprint density at radius 2 is 2.39 bits per heavy atom. The van der Waals surface area contributed by atoms with Crippen LogP contribution in [0.25, 0.3) is 0 Å². The van der Waals surface area contributed by atoms with Gasteiger partial charge < -0.3 is 9.80 Å². The minimum Gasteiger partial charge on any atom is -0.358 e. The SMILES string of the molecule is CN(CCN1CCCC1=O)c1ccc(C#N)cn1. The third kappa shape index (κ3) is 2.77. The number of hydrogen-bond donors (Lipinski definition) is 0. The molecule has 1 aromatic rings. The monoisotopic (exact) mass is 244 g/mol. The maximum absolute atomic E-state index is 11.5. The van der Waals surface area contributed by atoms with Gasteiger partial charge in [0.05, 0.1) is 5.56 Å². The molecule has 0 N–H and O–H groups in total. The molecule has 1 aliphatic rings. The summed E-state index contributed by atoms with van der Waals surface area (Å²) in [4.78, 5) is 19.6. The van der Waals surface area contributed by atoms with Crippen molar-refractivity contribution >= 4 is 11.7 Å². The zero-order valence-corrected chi connectivity index (χ0v) is 10.5. The number of nitrogens with zero attached hydrogens (tertiary/aromatic N) is 4. The number of anilines is 1. The van der Waals surface area contributed by atoms with Crippen molar-refractivity contribution in [3.8, 4) is 6.07 Å². The van der Waals surface area contributed by atoms with Crippen molar-refractivity contribution in [3.05, 3.63) is 23.9 Å². The molecule has 0 radical (unpaired) electrons. The molecule has 0 atom stereocenters. The molecule has 94 valence electrons. The Kier molecular flexibility index (Phi) is 3.78. The molecule has 0 aliphatic carbocycles. The van der Waals surface area contributed by atoms with Crippen molar-refractivity contribution in [1.29, 1.82) is 5.26 Å². The van der Waals surface area contributed by atoms with Gasteiger partial charge in [0.25, 0.3) is 0 Å². The van der Waals surface area contributed by atoms with Crippen LogP contribution < -0.4 is 4.90 Å². The highest BCUT2D eigenvalue weighted by Crippen LogP contribution is 2.12. The van der Waals surface area contributed by atoms with E-state index in [0.29, 0.717) is 12.0 Å². The summed E-state index contributed by atoms with van der Waals surface area (Å²) in [5.41, 5.74) is 0.557. The van der Waals surface area contributed by atoms with E-state index in [1.807, 2.05) is 29.0 Å². The summed E-state index contributed by atoms with van der Waals surface area (Å²) in [6.45, 7) is 2.36. The van der Waals surface area contributed by atoms with Gasteiger partial charge in [-0.05, 0) is 18.6 Å². The molecule has 1 aliphatic heterocycles. The zero-order valence-electron chi connectivity index (χ0n) is 10.5. The molecule has 2 rings (SSSR count). The van der Waals surface area contributed by atoms with Crippen LogP contribution >= 0.6 is 0 Å². The summed E-state index contributed by atoms with van der Waals surface area (Å²) in [7, 11) is 1.94. The Hall–Kier alpha value is -2.09. The Balaban J connectivity index is 1.89. The molecule has 0 spiro atoms. The van der Waals surface area contributed by atoms with Gasteiger partial charge in [-0.15, -0.1) is 0 Å². The lowest BCUT2D eigenvalue weighted by atomic mass is 10.3. The maximum atomic E-state index is 11.5. The van der Waals surface area contributed by atoms with Crippen LogP contribution in [-0.4, -0.2) is 42.5 Å². The first-order valence-electron chi connectivity index (χ1n) is 6.06. The highest BCUT2D eigenvalue weighted by molar-refractivity contribution is 5.78. The van der Waals surface area contributed by atoms with Crippen LogP contribution in [0.3, 0.4) is 0 Å². The first-order chi connectivity index (χ1) is 8.70. The fraction of sp³-hybridized carbons (Fsp3) is 0.462. The van der Waals surface area contributed by atoms with Crippen LogP contribution in [0, 0.1) is 11.3 Å². The summed E-state index contributed by atoms with van der Waals surface area (Å²) in [6, 6.07) is 5.62. The van der Waals surface area contributed by atoms with Crippen molar-refractivity contribution in [2.75, 3.05) is 31.6 Å². The number of carbonyl (C=O) groups excluding carboxylic acids is 1. The minimum absolute atomic E-state index is 0.246. The van der Waals surface area contributed by atoms with Crippen molar-refractivity contribution in [2.45, 2.75) is 12.8 Å². The van der Waals surface area contributed by atoms with Gasteiger partial charge in [-0.1, -0.05) is 0 Å². The van der Waals surface area contributed by atoms with Crippen LogP contribution in [0.2, 0.25) is 0 Å². The molecule has 0 aromatic carbocycles. The quantitative estimate of drug-likeness (QED) is 0.793. The van der Waals surface area contributed by atoms with E-state index >= 15 is 0 Å². The second-order valence-corrected chi connectivity index (χ2v) is 4.42. The number of likely N-dealkylation sites (tertiary alicyclic amines) is 1. The fourth-order valence-corrected chi connectivity index (χ4v) is 2.00. The van der Waals surface area contributed by atoms with E-state index in [1.54, 1.807) is 12.3 Å². The lowest BCUT2D eigenvalue weighted by molar-refractivity contribution is -0.127. The normalized spacial score (nSPS) is 14.7. The van der Waals surface area contributed by atoms with Crippen molar-refractivity contribution < 1.29 is 4.79 Å². The Morgan fingerprint density at radius 3 is 2.94 bits per heavy atom. The zero-order chi connectivity index (χ0) is 13.0. The maximum Gasteiger partial charge on any atom is 0.222 e. The Bertz CT molecular complexity index is 463. The fourth-order valence-electron chi connectivity index (χ4n) is 2.00. The molecule has 0 unspecified atom stereocenters. The van der Waals surface area contributed by atoms with E-state index in [2.05, 4.69) is 4.98 Å². The Labute approximate surface area is 107 Å². The first-order valence-corrected chi connectivity index (χ1v) is 6.06. The number of nitriles is 1. The molecular formula is C13H16N4O. The van der Waals surface area contributed by atoms with Gasteiger partial charge in [0.1, 0.15) is 11.9 Å². The molecule has 0 saturated carbocycles. The lowest BCUT2D eigenvalue weighted by Gasteiger charge is -2.22. The van der Waals surface area contributed by atoms with Gasteiger partial charge in [0.2, 0.25) is 5.91 Å². The number of pyridine rings is 1. The van der Waals surface area contributed by atoms with Gasteiger partial charge in [-0.3, -0.25) is 4.79 Å². The van der Waals surface area contributed by atoms with Gasteiger partial charge in [0, 0.05) is 39.3 Å². The van der Waals surface area contributed by atoms with Crippen molar-refractivity contribution in [1.82, 2.24) is 9.88 Å². The van der Waals surface area contributed by atoms with E-state index < -0.39 is 0 Å². The number of carbonyl (C=O) groups is 1. The van der Waals surface area contributed by atoms with Gasteiger partial charge >= 0.3 is 0 Å². The highest BCUT2D eigenvalue weighted by atomic mass is 16.2. The molecule has 1 fully saturated rings. The van der Waals surface area contributed by atoms with Crippen LogP contribution in [0.5, 0.6) is 0 Å². The third-order valence-corrected chi connectivity index (χ3v) is 3.14. The molecule has 0 bridgehead atoms. The average Bonchev–Trinajstić information content (AvgIpc) is 2.81. The first kappa shape index (κ1) is 12.4. The molecule has 1 saturated heterocycles. The van der Waals surface area contributed by atoms with E-state index in [1.165, 1.54) is 0 Å². The standard InChI is InChI=1S/C13H16N4O/c1-16(7-8-17-6-2-3-13(17)18)12-5-4-11(9-14)10-15-12/h4-5,10H,2-3,6-8H2,1H3. The summed E-state index contributed by atoms with van der Waals surface area (Å²) in [5.74, 6) is 1.07. The van der Waals surface area contributed by atoms with Gasteiger partial charge in [-0.25, -0.2) is 4.98 Å². The van der Waals surface area contributed by atoms with E-state index in [0.717, 1.165) is 31.9 Å². The average molecular weight is 244 g/mol.